The fourth-order valence-electron chi connectivity index (χ4n) is 4.23. The second-order valence-electron chi connectivity index (χ2n) is 9.49. The fraction of sp³-hybridized carbons (Fsp3) is 0.379. The standard InChI is InChI=1S/C29H37N3O2S/c1-7-25(22-12-9-8-10-13-22)29(34)32(21(4)20(2)3)19-23-18-24(15-16-26(23)31(5)6)30-28(33)27-14-11-17-35-27/h8-18,20-21,25H,7,19H2,1-6H3,(H,30,33)/t21-,25-/m0/s1. The van der Waals surface area contributed by atoms with Gasteiger partial charge in [0.1, 0.15) is 0 Å². The molecule has 5 nitrogen and oxygen atoms in total. The molecule has 0 aliphatic heterocycles. The minimum Gasteiger partial charge on any atom is -0.377 e. The third kappa shape index (κ3) is 6.51. The van der Waals surface area contributed by atoms with Gasteiger partial charge in [-0.15, -0.1) is 11.3 Å². The van der Waals surface area contributed by atoms with Gasteiger partial charge in [-0.05, 0) is 60.0 Å². The van der Waals surface area contributed by atoms with Crippen LogP contribution in [0.5, 0.6) is 0 Å². The van der Waals surface area contributed by atoms with Gasteiger partial charge in [-0.3, -0.25) is 9.59 Å². The van der Waals surface area contributed by atoms with Crippen molar-refractivity contribution in [2.24, 2.45) is 5.92 Å². The maximum atomic E-state index is 14.0. The van der Waals surface area contributed by atoms with Crippen LogP contribution in [0.15, 0.2) is 66.0 Å². The van der Waals surface area contributed by atoms with Crippen LogP contribution in [-0.2, 0) is 11.3 Å². The van der Waals surface area contributed by atoms with Gasteiger partial charge in [0.2, 0.25) is 5.91 Å². The van der Waals surface area contributed by atoms with E-state index in [1.54, 1.807) is 0 Å². The molecule has 0 unspecified atom stereocenters. The molecular formula is C29H37N3O2S. The van der Waals surface area contributed by atoms with Crippen LogP contribution < -0.4 is 10.2 Å². The number of thiophene rings is 1. The average Bonchev–Trinajstić information content (AvgIpc) is 3.38. The molecule has 2 atom stereocenters. The molecule has 0 bridgehead atoms. The zero-order valence-electron chi connectivity index (χ0n) is 21.6. The van der Waals surface area contributed by atoms with E-state index in [4.69, 9.17) is 0 Å². The molecule has 6 heteroatoms. The molecule has 2 aromatic carbocycles. The topological polar surface area (TPSA) is 52.7 Å². The smallest absolute Gasteiger partial charge is 0.265 e. The zero-order chi connectivity index (χ0) is 25.5. The van der Waals surface area contributed by atoms with E-state index in [0.717, 1.165) is 28.9 Å². The molecule has 0 spiro atoms. The summed E-state index contributed by atoms with van der Waals surface area (Å²) in [5.74, 6) is 0.124. The Bertz CT molecular complexity index is 1110. The molecule has 1 heterocycles. The highest BCUT2D eigenvalue weighted by Crippen LogP contribution is 2.30. The van der Waals surface area contributed by atoms with Gasteiger partial charge in [-0.1, -0.05) is 57.2 Å². The number of carbonyl (C=O) groups excluding carboxylic acids is 2. The molecule has 1 aromatic heterocycles. The molecule has 0 aliphatic carbocycles. The number of amides is 2. The summed E-state index contributed by atoms with van der Waals surface area (Å²) in [7, 11) is 4.00. The lowest BCUT2D eigenvalue weighted by molar-refractivity contribution is -0.136. The van der Waals surface area contributed by atoms with Crippen LogP contribution in [0.25, 0.3) is 0 Å². The molecule has 35 heavy (non-hydrogen) atoms. The van der Waals surface area contributed by atoms with Crippen LogP contribution in [0.2, 0.25) is 0 Å². The maximum Gasteiger partial charge on any atom is 0.265 e. The van der Waals surface area contributed by atoms with Crippen molar-refractivity contribution in [1.82, 2.24) is 4.90 Å². The molecule has 0 aliphatic rings. The molecule has 186 valence electrons. The van der Waals surface area contributed by atoms with Gasteiger partial charge in [-0.25, -0.2) is 0 Å². The monoisotopic (exact) mass is 491 g/mol. The van der Waals surface area contributed by atoms with Gasteiger partial charge >= 0.3 is 0 Å². The first-order valence-corrected chi connectivity index (χ1v) is 13.1. The Balaban J connectivity index is 1.96. The van der Waals surface area contributed by atoms with Crippen molar-refractivity contribution in [3.8, 4) is 0 Å². The van der Waals surface area contributed by atoms with Crippen molar-refractivity contribution < 1.29 is 9.59 Å². The lowest BCUT2D eigenvalue weighted by atomic mass is 9.92. The Morgan fingerprint density at radius 3 is 2.26 bits per heavy atom. The predicted octanol–water partition coefficient (Wildman–Crippen LogP) is 6.63. The van der Waals surface area contributed by atoms with Crippen LogP contribution >= 0.6 is 11.3 Å². The number of anilines is 2. The molecule has 1 N–H and O–H groups in total. The largest absolute Gasteiger partial charge is 0.377 e. The Morgan fingerprint density at radius 1 is 0.971 bits per heavy atom. The maximum absolute atomic E-state index is 14.0. The molecule has 0 saturated heterocycles. The number of benzene rings is 2. The van der Waals surface area contributed by atoms with E-state index in [2.05, 4.69) is 37.9 Å². The van der Waals surface area contributed by atoms with E-state index >= 15 is 0 Å². The molecule has 3 aromatic rings. The van der Waals surface area contributed by atoms with Crippen LogP contribution in [0.3, 0.4) is 0 Å². The molecule has 0 saturated carbocycles. The van der Waals surface area contributed by atoms with Crippen molar-refractivity contribution in [3.63, 3.8) is 0 Å². The quantitative estimate of drug-likeness (QED) is 0.346. The summed E-state index contributed by atoms with van der Waals surface area (Å²) in [5.41, 5.74) is 3.80. The number of hydrogen-bond acceptors (Lipinski definition) is 4. The van der Waals surface area contributed by atoms with Crippen molar-refractivity contribution in [3.05, 3.63) is 82.0 Å². The van der Waals surface area contributed by atoms with Crippen molar-refractivity contribution in [2.75, 3.05) is 24.3 Å². The van der Waals surface area contributed by atoms with Gasteiger partial charge in [0, 0.05) is 38.1 Å². The first-order chi connectivity index (χ1) is 16.7. The average molecular weight is 492 g/mol. The number of nitrogens with one attached hydrogen (secondary N) is 1. The van der Waals surface area contributed by atoms with Gasteiger partial charge < -0.3 is 15.1 Å². The number of rotatable bonds is 10. The second kappa shape index (κ2) is 12.0. The van der Waals surface area contributed by atoms with Gasteiger partial charge in [0.25, 0.3) is 5.91 Å². The summed E-state index contributed by atoms with van der Waals surface area (Å²) in [6.07, 6.45) is 0.738. The van der Waals surface area contributed by atoms with Gasteiger partial charge in [-0.2, -0.15) is 0 Å². The van der Waals surface area contributed by atoms with E-state index in [1.807, 2.05) is 85.0 Å². The molecular weight excluding hydrogens is 454 g/mol. The van der Waals surface area contributed by atoms with Crippen molar-refractivity contribution >= 4 is 34.5 Å². The summed E-state index contributed by atoms with van der Waals surface area (Å²) in [4.78, 5) is 31.3. The van der Waals surface area contributed by atoms with E-state index in [0.29, 0.717) is 17.3 Å². The number of hydrogen-bond donors (Lipinski definition) is 1. The summed E-state index contributed by atoms with van der Waals surface area (Å²) >= 11 is 1.41. The first-order valence-electron chi connectivity index (χ1n) is 12.2. The normalized spacial score (nSPS) is 12.8. The minimum absolute atomic E-state index is 0.0552. The third-order valence-corrected chi connectivity index (χ3v) is 7.42. The SMILES string of the molecule is CC[C@H](C(=O)N(Cc1cc(NC(=O)c2cccs2)ccc1N(C)C)[C@@H](C)C(C)C)c1ccccc1. The molecule has 0 fully saturated rings. The van der Waals surface area contributed by atoms with Crippen molar-refractivity contribution in [1.29, 1.82) is 0 Å². The van der Waals surface area contributed by atoms with E-state index in [1.165, 1.54) is 11.3 Å². The molecule has 3 rings (SSSR count). The van der Waals surface area contributed by atoms with E-state index in [-0.39, 0.29) is 23.8 Å². The van der Waals surface area contributed by atoms with Gasteiger partial charge in [0.15, 0.2) is 0 Å². The van der Waals surface area contributed by atoms with Crippen LogP contribution in [0.4, 0.5) is 11.4 Å². The van der Waals surface area contributed by atoms with Crippen LogP contribution in [-0.4, -0.2) is 36.9 Å². The van der Waals surface area contributed by atoms with E-state index in [9.17, 15) is 9.59 Å². The Hall–Kier alpha value is -3.12. The number of nitrogens with zero attached hydrogens (tertiary/aromatic N) is 2. The van der Waals surface area contributed by atoms with Crippen molar-refractivity contribution in [2.45, 2.75) is 52.6 Å². The lowest BCUT2D eigenvalue weighted by Crippen LogP contribution is -2.43. The Labute approximate surface area is 213 Å². The second-order valence-corrected chi connectivity index (χ2v) is 10.4. The van der Waals surface area contributed by atoms with Crippen LogP contribution in [0.1, 0.15) is 60.8 Å². The lowest BCUT2D eigenvalue weighted by Gasteiger charge is -2.36. The highest BCUT2D eigenvalue weighted by Gasteiger charge is 2.30. The fourth-order valence-corrected chi connectivity index (χ4v) is 4.85. The summed E-state index contributed by atoms with van der Waals surface area (Å²) in [6, 6.07) is 19.7. The third-order valence-electron chi connectivity index (χ3n) is 6.55. The van der Waals surface area contributed by atoms with Crippen LogP contribution in [0, 0.1) is 5.92 Å². The summed E-state index contributed by atoms with van der Waals surface area (Å²) in [5, 5.41) is 4.91. The summed E-state index contributed by atoms with van der Waals surface area (Å²) < 4.78 is 0. The Kier molecular flexibility index (Phi) is 9.10. The first kappa shape index (κ1) is 26.5. The minimum atomic E-state index is -0.193. The predicted molar refractivity (Wildman–Crippen MR) is 147 cm³/mol. The highest BCUT2D eigenvalue weighted by atomic mass is 32.1. The number of carbonyl (C=O) groups is 2. The Morgan fingerprint density at radius 2 is 1.69 bits per heavy atom. The molecule has 0 radical (unpaired) electrons. The van der Waals surface area contributed by atoms with Gasteiger partial charge in [0.05, 0.1) is 10.8 Å². The zero-order valence-corrected chi connectivity index (χ0v) is 22.4. The summed E-state index contributed by atoms with van der Waals surface area (Å²) in [6.45, 7) is 8.97. The highest BCUT2D eigenvalue weighted by molar-refractivity contribution is 7.12. The molecule has 2 amide bonds. The van der Waals surface area contributed by atoms with E-state index < -0.39 is 0 Å².